The van der Waals surface area contributed by atoms with Crippen LogP contribution in [0.2, 0.25) is 0 Å². The van der Waals surface area contributed by atoms with Crippen molar-refractivity contribution in [3.8, 4) is 0 Å². The molecule has 1 N–H and O–H groups in total. The molecule has 0 spiro atoms. The van der Waals surface area contributed by atoms with Gasteiger partial charge < -0.3 is 5.32 Å². The Morgan fingerprint density at radius 1 is 0.774 bits per heavy atom. The molecule has 1 amide bonds. The molecule has 168 valence electrons. The molecule has 1 aliphatic carbocycles. The number of allylic oxidation sites excluding steroid dienone is 8. The fraction of sp³-hybridized carbons (Fsp3) is 0.483. The largest absolute Gasteiger partial charge is 0.356 e. The van der Waals surface area contributed by atoms with Gasteiger partial charge in [-0.15, -0.1) is 0 Å². The Hall–Kier alpha value is -2.35. The molecule has 2 nitrogen and oxygen atoms in total. The molecule has 1 aliphatic rings. The maximum Gasteiger partial charge on any atom is 0.220 e. The van der Waals surface area contributed by atoms with Gasteiger partial charge >= 0.3 is 0 Å². The van der Waals surface area contributed by atoms with Crippen LogP contribution in [0.5, 0.6) is 0 Å². The van der Waals surface area contributed by atoms with Gasteiger partial charge in [0.05, 0.1) is 0 Å². The average Bonchev–Trinajstić information content (AvgIpc) is 3.62. The van der Waals surface area contributed by atoms with E-state index >= 15 is 0 Å². The van der Waals surface area contributed by atoms with E-state index in [0.717, 1.165) is 44.6 Å². The van der Waals surface area contributed by atoms with Crippen molar-refractivity contribution in [1.82, 2.24) is 5.32 Å². The fourth-order valence-electron chi connectivity index (χ4n) is 3.33. The number of unbranched alkanes of at least 4 members (excludes halogenated alkanes) is 3. The summed E-state index contributed by atoms with van der Waals surface area (Å²) in [5.74, 6) is 0.979. The van der Waals surface area contributed by atoms with Crippen LogP contribution in [0, 0.1) is 5.92 Å². The van der Waals surface area contributed by atoms with Gasteiger partial charge in [-0.2, -0.15) is 0 Å². The lowest BCUT2D eigenvalue weighted by Crippen LogP contribution is -2.24. The highest BCUT2D eigenvalue weighted by atomic mass is 16.1. The Labute approximate surface area is 190 Å². The summed E-state index contributed by atoms with van der Waals surface area (Å²) in [6.45, 7) is 0.888. The summed E-state index contributed by atoms with van der Waals surface area (Å²) in [7, 11) is 0. The summed E-state index contributed by atoms with van der Waals surface area (Å²) in [5, 5.41) is 3.02. The van der Waals surface area contributed by atoms with Crippen LogP contribution in [-0.2, 0) is 11.2 Å². The minimum absolute atomic E-state index is 0.213. The van der Waals surface area contributed by atoms with Gasteiger partial charge in [0.15, 0.2) is 0 Å². The molecule has 0 radical (unpaired) electrons. The Bertz CT molecular complexity index is 695. The van der Waals surface area contributed by atoms with Gasteiger partial charge in [-0.3, -0.25) is 4.79 Å². The zero-order valence-corrected chi connectivity index (χ0v) is 19.2. The van der Waals surface area contributed by atoms with E-state index in [0.29, 0.717) is 6.42 Å². The summed E-state index contributed by atoms with van der Waals surface area (Å²) in [5.41, 5.74) is 1.45. The van der Waals surface area contributed by atoms with Crippen LogP contribution in [-0.4, -0.2) is 12.5 Å². The summed E-state index contributed by atoms with van der Waals surface area (Å²) >= 11 is 0. The fourth-order valence-corrected chi connectivity index (χ4v) is 3.33. The van der Waals surface area contributed by atoms with E-state index in [-0.39, 0.29) is 5.91 Å². The first kappa shape index (κ1) is 24.9. The van der Waals surface area contributed by atoms with Crippen molar-refractivity contribution in [3.05, 3.63) is 84.5 Å². The third kappa shape index (κ3) is 15.2. The molecule has 2 heteroatoms. The summed E-state index contributed by atoms with van der Waals surface area (Å²) in [6, 6.07) is 10.7. The normalized spacial score (nSPS) is 14.5. The molecule has 0 bridgehead atoms. The van der Waals surface area contributed by atoms with Gasteiger partial charge in [0.1, 0.15) is 0 Å². The molecule has 0 atom stereocenters. The zero-order valence-electron chi connectivity index (χ0n) is 19.2. The van der Waals surface area contributed by atoms with E-state index in [4.69, 9.17) is 0 Å². The number of benzene rings is 1. The molecule has 1 aromatic rings. The van der Waals surface area contributed by atoms with Gasteiger partial charge in [-0.25, -0.2) is 0 Å². The highest BCUT2D eigenvalue weighted by Gasteiger charge is 2.21. The predicted molar refractivity (Wildman–Crippen MR) is 134 cm³/mol. The van der Waals surface area contributed by atoms with Gasteiger partial charge in [0.2, 0.25) is 5.91 Å². The molecule has 0 saturated heterocycles. The first-order valence-corrected chi connectivity index (χ1v) is 12.2. The van der Waals surface area contributed by atoms with Crippen LogP contribution in [0.1, 0.15) is 76.2 Å². The van der Waals surface area contributed by atoms with Crippen LogP contribution < -0.4 is 5.32 Å². The molecule has 31 heavy (non-hydrogen) atoms. The highest BCUT2D eigenvalue weighted by molar-refractivity contribution is 5.75. The average molecular weight is 420 g/mol. The van der Waals surface area contributed by atoms with Crippen LogP contribution in [0.3, 0.4) is 0 Å². The molecule has 0 aromatic heterocycles. The van der Waals surface area contributed by atoms with Crippen molar-refractivity contribution in [2.75, 3.05) is 6.54 Å². The Morgan fingerprint density at radius 2 is 1.35 bits per heavy atom. The first-order chi connectivity index (χ1) is 15.3. The molecule has 0 heterocycles. The lowest BCUT2D eigenvalue weighted by molar-refractivity contribution is -0.121. The van der Waals surface area contributed by atoms with Crippen molar-refractivity contribution in [2.24, 2.45) is 5.92 Å². The number of hydrogen-bond acceptors (Lipinski definition) is 1. The number of rotatable bonds is 17. The number of amides is 1. The topological polar surface area (TPSA) is 29.1 Å². The summed E-state index contributed by atoms with van der Waals surface area (Å²) in [6.07, 6.45) is 31.0. The van der Waals surface area contributed by atoms with Gasteiger partial charge in [0, 0.05) is 13.0 Å². The summed E-state index contributed by atoms with van der Waals surface area (Å²) < 4.78 is 0. The predicted octanol–water partition coefficient (Wildman–Crippen LogP) is 7.49. The van der Waals surface area contributed by atoms with Gasteiger partial charge in [-0.1, -0.05) is 78.9 Å². The van der Waals surface area contributed by atoms with E-state index in [1.165, 1.54) is 44.1 Å². The van der Waals surface area contributed by atoms with E-state index in [1.807, 2.05) is 0 Å². The van der Waals surface area contributed by atoms with Gasteiger partial charge in [0.25, 0.3) is 0 Å². The molecular formula is C29H41NO. The highest BCUT2D eigenvalue weighted by Crippen LogP contribution is 2.27. The maximum atomic E-state index is 11.6. The second-order valence-electron chi connectivity index (χ2n) is 8.46. The molecule has 1 aromatic carbocycles. The SMILES string of the molecule is O=C(CCC/C=C\C/C=C\C/C=C\C/C=C\CCCCc1ccccc1)NCC1CC1. The van der Waals surface area contributed by atoms with Gasteiger partial charge in [-0.05, 0) is 82.1 Å². The summed E-state index contributed by atoms with van der Waals surface area (Å²) in [4.78, 5) is 11.6. The first-order valence-electron chi connectivity index (χ1n) is 12.2. The number of aryl methyl sites for hydroxylation is 1. The molecule has 1 saturated carbocycles. The number of hydrogen-bond donors (Lipinski definition) is 1. The Kier molecular flexibility index (Phi) is 13.9. The minimum Gasteiger partial charge on any atom is -0.356 e. The Morgan fingerprint density at radius 3 is 1.97 bits per heavy atom. The van der Waals surface area contributed by atoms with Crippen molar-refractivity contribution < 1.29 is 4.79 Å². The monoisotopic (exact) mass is 419 g/mol. The minimum atomic E-state index is 0.213. The lowest BCUT2D eigenvalue weighted by atomic mass is 10.1. The third-order valence-corrected chi connectivity index (χ3v) is 5.47. The standard InChI is InChI=1S/C29H41NO/c31-29(30-26-28-24-25-28)23-19-14-12-10-8-6-4-2-1-3-5-7-9-11-13-16-20-27-21-17-15-18-22-27/h1,3-4,6-7,9-10,12,15,17-18,21-22,28H,2,5,8,11,13-14,16,19-20,23-26H2,(H,30,31)/b3-1-,6-4-,9-7-,12-10-. The quantitative estimate of drug-likeness (QED) is 0.206. The van der Waals surface area contributed by atoms with Crippen molar-refractivity contribution in [2.45, 2.75) is 77.0 Å². The second-order valence-corrected chi connectivity index (χ2v) is 8.46. The van der Waals surface area contributed by atoms with Crippen LogP contribution in [0.15, 0.2) is 78.9 Å². The van der Waals surface area contributed by atoms with Crippen molar-refractivity contribution in [1.29, 1.82) is 0 Å². The van der Waals surface area contributed by atoms with E-state index in [9.17, 15) is 4.79 Å². The van der Waals surface area contributed by atoms with Crippen molar-refractivity contribution in [3.63, 3.8) is 0 Å². The van der Waals surface area contributed by atoms with Crippen LogP contribution in [0.4, 0.5) is 0 Å². The van der Waals surface area contributed by atoms with E-state index in [1.54, 1.807) is 0 Å². The molecule has 0 unspecified atom stereocenters. The van der Waals surface area contributed by atoms with E-state index < -0.39 is 0 Å². The second kappa shape index (κ2) is 17.3. The number of carbonyl (C=O) groups excluding carboxylic acids is 1. The molecular weight excluding hydrogens is 378 g/mol. The zero-order chi connectivity index (χ0) is 21.8. The van der Waals surface area contributed by atoms with E-state index in [2.05, 4.69) is 84.3 Å². The van der Waals surface area contributed by atoms with Crippen LogP contribution >= 0.6 is 0 Å². The molecule has 0 aliphatic heterocycles. The maximum absolute atomic E-state index is 11.6. The number of carbonyl (C=O) groups is 1. The smallest absolute Gasteiger partial charge is 0.220 e. The lowest BCUT2D eigenvalue weighted by Gasteiger charge is -2.02. The van der Waals surface area contributed by atoms with Crippen LogP contribution in [0.25, 0.3) is 0 Å². The third-order valence-electron chi connectivity index (χ3n) is 5.47. The Balaban J connectivity index is 1.34. The van der Waals surface area contributed by atoms with Crippen molar-refractivity contribution >= 4 is 5.91 Å². The number of nitrogens with one attached hydrogen (secondary N) is 1. The molecule has 1 fully saturated rings. The molecule has 2 rings (SSSR count).